The van der Waals surface area contributed by atoms with Crippen molar-refractivity contribution in [2.24, 2.45) is 5.73 Å². The summed E-state index contributed by atoms with van der Waals surface area (Å²) < 4.78 is 13.2. The summed E-state index contributed by atoms with van der Waals surface area (Å²) in [7, 11) is 3.29. The van der Waals surface area contributed by atoms with Crippen molar-refractivity contribution < 1.29 is 9.47 Å². The van der Waals surface area contributed by atoms with E-state index in [4.69, 9.17) is 20.2 Å². The molecule has 6 heteroatoms. The third-order valence-electron chi connectivity index (χ3n) is 4.01. The van der Waals surface area contributed by atoms with Crippen LogP contribution >= 0.6 is 11.3 Å². The van der Waals surface area contributed by atoms with E-state index in [1.54, 1.807) is 25.6 Å². The first-order valence-corrected chi connectivity index (χ1v) is 8.53. The maximum atomic E-state index is 5.76. The van der Waals surface area contributed by atoms with Crippen LogP contribution in [0.4, 0.5) is 0 Å². The average molecular weight is 343 g/mol. The van der Waals surface area contributed by atoms with Crippen LogP contribution in [0.3, 0.4) is 0 Å². The lowest BCUT2D eigenvalue weighted by atomic mass is 10.1. The van der Waals surface area contributed by atoms with Crippen LogP contribution in [0.2, 0.25) is 0 Å². The number of methoxy groups -OCH3 is 2. The van der Waals surface area contributed by atoms with Gasteiger partial charge in [0.1, 0.15) is 11.5 Å². The molecule has 3 aromatic rings. The summed E-state index contributed by atoms with van der Waals surface area (Å²) in [5.74, 6) is 1.43. The Balaban J connectivity index is 2.14. The maximum Gasteiger partial charge on any atom is 0.194 e. The number of aryl methyl sites for hydroxylation is 2. The zero-order valence-electron chi connectivity index (χ0n) is 14.3. The van der Waals surface area contributed by atoms with E-state index in [-0.39, 0.29) is 0 Å². The molecule has 0 aliphatic carbocycles. The summed E-state index contributed by atoms with van der Waals surface area (Å²) in [6.45, 7) is 4.58. The summed E-state index contributed by atoms with van der Waals surface area (Å²) in [5.41, 5.74) is 10.7. The second-order valence-corrected chi connectivity index (χ2v) is 6.38. The standard InChI is InChI=1S/C18H21N3O2S/c1-11-5-6-12(2)21(11)18-20-14(10-24-18)17-15(22-3)7-13(9-19)8-16(17)23-4/h5-8,10H,9,19H2,1-4H3. The minimum Gasteiger partial charge on any atom is -0.496 e. The summed E-state index contributed by atoms with van der Waals surface area (Å²) >= 11 is 1.59. The molecule has 24 heavy (non-hydrogen) atoms. The van der Waals surface area contributed by atoms with Crippen molar-refractivity contribution in [1.29, 1.82) is 0 Å². The molecule has 0 atom stereocenters. The summed E-state index contributed by atoms with van der Waals surface area (Å²) in [4.78, 5) is 4.81. The highest BCUT2D eigenvalue weighted by atomic mass is 32.1. The molecule has 1 aromatic carbocycles. The smallest absolute Gasteiger partial charge is 0.194 e. The average Bonchev–Trinajstić information content (AvgIpc) is 3.19. The van der Waals surface area contributed by atoms with E-state index in [0.29, 0.717) is 18.0 Å². The predicted molar refractivity (Wildman–Crippen MR) is 97.3 cm³/mol. The van der Waals surface area contributed by atoms with Crippen LogP contribution in [-0.4, -0.2) is 23.8 Å². The van der Waals surface area contributed by atoms with Crippen molar-refractivity contribution in [1.82, 2.24) is 9.55 Å². The molecule has 0 radical (unpaired) electrons. The highest BCUT2D eigenvalue weighted by molar-refractivity contribution is 7.12. The third kappa shape index (κ3) is 2.79. The first kappa shape index (κ1) is 16.5. The van der Waals surface area contributed by atoms with Gasteiger partial charge in [0.2, 0.25) is 0 Å². The molecule has 126 valence electrons. The predicted octanol–water partition coefficient (Wildman–Crippen LogP) is 3.69. The minimum atomic E-state index is 0.428. The van der Waals surface area contributed by atoms with Gasteiger partial charge >= 0.3 is 0 Å². The fraction of sp³-hybridized carbons (Fsp3) is 0.278. The van der Waals surface area contributed by atoms with Gasteiger partial charge in [0.25, 0.3) is 0 Å². The Labute approximate surface area is 145 Å². The normalized spacial score (nSPS) is 10.9. The number of nitrogens with zero attached hydrogens (tertiary/aromatic N) is 2. The lowest BCUT2D eigenvalue weighted by Crippen LogP contribution is -2.01. The van der Waals surface area contributed by atoms with Gasteiger partial charge in [0.05, 0.1) is 25.5 Å². The van der Waals surface area contributed by atoms with Gasteiger partial charge in [-0.2, -0.15) is 0 Å². The first-order valence-electron chi connectivity index (χ1n) is 7.65. The van der Waals surface area contributed by atoms with E-state index in [2.05, 4.69) is 30.5 Å². The first-order chi connectivity index (χ1) is 11.6. The van der Waals surface area contributed by atoms with Crippen LogP contribution in [-0.2, 0) is 6.54 Å². The van der Waals surface area contributed by atoms with Gasteiger partial charge in [-0.1, -0.05) is 0 Å². The molecule has 2 heterocycles. The largest absolute Gasteiger partial charge is 0.496 e. The molecule has 0 amide bonds. The second kappa shape index (κ2) is 6.67. The van der Waals surface area contributed by atoms with Gasteiger partial charge < -0.3 is 15.2 Å². The van der Waals surface area contributed by atoms with Crippen LogP contribution in [0.5, 0.6) is 11.5 Å². The molecule has 0 bridgehead atoms. The fourth-order valence-corrected chi connectivity index (χ4v) is 3.72. The summed E-state index contributed by atoms with van der Waals surface area (Å²) in [5, 5.41) is 2.95. The third-order valence-corrected chi connectivity index (χ3v) is 4.84. The van der Waals surface area contributed by atoms with Gasteiger partial charge in [-0.05, 0) is 43.7 Å². The van der Waals surface area contributed by atoms with Crippen molar-refractivity contribution in [3.63, 3.8) is 0 Å². The molecule has 2 aromatic heterocycles. The maximum absolute atomic E-state index is 5.76. The molecule has 5 nitrogen and oxygen atoms in total. The Morgan fingerprint density at radius 1 is 1.08 bits per heavy atom. The number of hydrogen-bond donors (Lipinski definition) is 1. The number of hydrogen-bond acceptors (Lipinski definition) is 5. The number of rotatable bonds is 5. The highest BCUT2D eigenvalue weighted by Gasteiger charge is 2.18. The van der Waals surface area contributed by atoms with Crippen LogP contribution in [0.1, 0.15) is 17.0 Å². The molecule has 0 aliphatic rings. The highest BCUT2D eigenvalue weighted by Crippen LogP contribution is 2.40. The van der Waals surface area contributed by atoms with E-state index in [0.717, 1.165) is 33.3 Å². The fourth-order valence-electron chi connectivity index (χ4n) is 2.79. The summed E-state index contributed by atoms with van der Waals surface area (Å²) in [6, 6.07) is 8.05. The van der Waals surface area contributed by atoms with E-state index < -0.39 is 0 Å². The zero-order valence-corrected chi connectivity index (χ0v) is 15.1. The second-order valence-electron chi connectivity index (χ2n) is 5.55. The van der Waals surface area contributed by atoms with Crippen molar-refractivity contribution in [3.05, 3.63) is 46.6 Å². The number of nitrogens with two attached hydrogens (primary N) is 1. The monoisotopic (exact) mass is 343 g/mol. The molecular weight excluding hydrogens is 322 g/mol. The van der Waals surface area contributed by atoms with Crippen molar-refractivity contribution in [2.75, 3.05) is 14.2 Å². The number of ether oxygens (including phenoxy) is 2. The van der Waals surface area contributed by atoms with E-state index in [1.807, 2.05) is 17.5 Å². The number of aromatic nitrogens is 2. The van der Waals surface area contributed by atoms with Crippen molar-refractivity contribution >= 4 is 11.3 Å². The van der Waals surface area contributed by atoms with E-state index in [9.17, 15) is 0 Å². The summed E-state index contributed by atoms with van der Waals surface area (Å²) in [6.07, 6.45) is 0. The lowest BCUT2D eigenvalue weighted by molar-refractivity contribution is 0.396. The van der Waals surface area contributed by atoms with Crippen molar-refractivity contribution in [2.45, 2.75) is 20.4 Å². The SMILES string of the molecule is COc1cc(CN)cc(OC)c1-c1csc(-n2c(C)ccc2C)n1. The van der Waals surface area contributed by atoms with Gasteiger partial charge in [0.15, 0.2) is 5.13 Å². The Bertz CT molecular complexity index is 823. The van der Waals surface area contributed by atoms with Gasteiger partial charge in [0, 0.05) is 23.3 Å². The lowest BCUT2D eigenvalue weighted by Gasteiger charge is -2.13. The Morgan fingerprint density at radius 2 is 1.67 bits per heavy atom. The van der Waals surface area contributed by atoms with Crippen LogP contribution in [0.25, 0.3) is 16.4 Å². The van der Waals surface area contributed by atoms with Gasteiger partial charge in [-0.15, -0.1) is 11.3 Å². The van der Waals surface area contributed by atoms with Crippen LogP contribution in [0.15, 0.2) is 29.6 Å². The van der Waals surface area contributed by atoms with Crippen LogP contribution in [0, 0.1) is 13.8 Å². The Kier molecular flexibility index (Phi) is 4.59. The zero-order chi connectivity index (χ0) is 17.3. The molecule has 0 saturated heterocycles. The molecular formula is C18H21N3O2S. The Morgan fingerprint density at radius 3 is 2.17 bits per heavy atom. The number of thiazole rings is 1. The molecule has 0 unspecified atom stereocenters. The topological polar surface area (TPSA) is 62.3 Å². The molecule has 0 fully saturated rings. The molecule has 2 N–H and O–H groups in total. The van der Waals surface area contributed by atoms with Gasteiger partial charge in [-0.3, -0.25) is 4.57 Å². The molecule has 0 aliphatic heterocycles. The Hall–Kier alpha value is -2.31. The molecule has 3 rings (SSSR count). The van der Waals surface area contributed by atoms with E-state index >= 15 is 0 Å². The van der Waals surface area contributed by atoms with Crippen molar-refractivity contribution in [3.8, 4) is 27.9 Å². The van der Waals surface area contributed by atoms with Gasteiger partial charge in [-0.25, -0.2) is 4.98 Å². The quantitative estimate of drug-likeness (QED) is 0.767. The number of benzene rings is 1. The molecule has 0 spiro atoms. The minimum absolute atomic E-state index is 0.428. The van der Waals surface area contributed by atoms with E-state index in [1.165, 1.54) is 0 Å². The van der Waals surface area contributed by atoms with Crippen LogP contribution < -0.4 is 15.2 Å². The molecule has 0 saturated carbocycles.